The quantitative estimate of drug-likeness (QED) is 0.585. The molecule has 0 spiro atoms. The van der Waals surface area contributed by atoms with Gasteiger partial charge >= 0.3 is 5.97 Å². The number of hydrogen-bond donors (Lipinski definition) is 3. The molecule has 102 valence electrons. The Kier molecular flexibility index (Phi) is 4.38. The fourth-order valence-electron chi connectivity index (χ4n) is 1.72. The van der Waals surface area contributed by atoms with E-state index in [-0.39, 0.29) is 5.41 Å². The molecule has 0 unspecified atom stereocenters. The maximum atomic E-state index is 11.0. The summed E-state index contributed by atoms with van der Waals surface area (Å²) < 4.78 is 5.26. The standard InChI is InChI=1S/C13H20O5/c1-7-9(14)10(15)8(5-6-13(2,3)4)18-11(7)12(16)17/h7-11,14-15H,1-4H3,(H,16,17)/t7-,8-,9-,10-,11-/m1/s1. The first-order chi connectivity index (χ1) is 8.13. The fourth-order valence-corrected chi connectivity index (χ4v) is 1.72. The number of rotatable bonds is 1. The van der Waals surface area contributed by atoms with Crippen molar-refractivity contribution < 1.29 is 24.9 Å². The zero-order valence-electron chi connectivity index (χ0n) is 11.0. The fraction of sp³-hybridized carbons (Fsp3) is 0.769. The molecular weight excluding hydrogens is 236 g/mol. The largest absolute Gasteiger partial charge is 0.479 e. The van der Waals surface area contributed by atoms with E-state index in [0.29, 0.717) is 0 Å². The van der Waals surface area contributed by atoms with Crippen LogP contribution in [0.1, 0.15) is 27.7 Å². The second kappa shape index (κ2) is 5.27. The average molecular weight is 256 g/mol. The molecule has 0 aromatic heterocycles. The number of aliphatic carboxylic acids is 1. The molecule has 0 aromatic rings. The molecule has 3 N–H and O–H groups in total. The van der Waals surface area contributed by atoms with Crippen molar-refractivity contribution in [2.75, 3.05) is 0 Å². The molecule has 1 heterocycles. The molecule has 18 heavy (non-hydrogen) atoms. The van der Waals surface area contributed by atoms with Gasteiger partial charge in [-0.2, -0.15) is 0 Å². The molecule has 0 bridgehead atoms. The minimum absolute atomic E-state index is 0.282. The molecule has 1 aliphatic heterocycles. The minimum atomic E-state index is -1.19. The maximum Gasteiger partial charge on any atom is 0.333 e. The normalized spacial score (nSPS) is 36.7. The lowest BCUT2D eigenvalue weighted by molar-refractivity contribution is -0.196. The van der Waals surface area contributed by atoms with Crippen molar-refractivity contribution in [3.05, 3.63) is 0 Å². The van der Waals surface area contributed by atoms with Gasteiger partial charge in [0.05, 0.1) is 6.10 Å². The third kappa shape index (κ3) is 3.45. The second-order valence-electron chi connectivity index (χ2n) is 5.68. The van der Waals surface area contributed by atoms with E-state index in [4.69, 9.17) is 9.84 Å². The molecule has 0 radical (unpaired) electrons. The molecule has 1 fully saturated rings. The van der Waals surface area contributed by atoms with E-state index in [9.17, 15) is 15.0 Å². The molecule has 0 saturated carbocycles. The highest BCUT2D eigenvalue weighted by Gasteiger charge is 2.44. The molecule has 5 atom stereocenters. The Morgan fingerprint density at radius 1 is 1.22 bits per heavy atom. The smallest absolute Gasteiger partial charge is 0.333 e. The Morgan fingerprint density at radius 2 is 1.78 bits per heavy atom. The van der Waals surface area contributed by atoms with Gasteiger partial charge in [0.15, 0.2) is 6.10 Å². The van der Waals surface area contributed by atoms with Gasteiger partial charge in [-0.05, 0) is 20.8 Å². The molecule has 0 aliphatic carbocycles. The van der Waals surface area contributed by atoms with Gasteiger partial charge in [-0.3, -0.25) is 0 Å². The molecule has 1 saturated heterocycles. The van der Waals surface area contributed by atoms with E-state index in [1.165, 1.54) is 6.92 Å². The molecule has 1 rings (SSSR count). The lowest BCUT2D eigenvalue weighted by Gasteiger charge is -2.37. The zero-order chi connectivity index (χ0) is 14.1. The van der Waals surface area contributed by atoms with Crippen molar-refractivity contribution >= 4 is 5.97 Å². The Hall–Kier alpha value is -1.09. The van der Waals surface area contributed by atoms with E-state index < -0.39 is 36.3 Å². The van der Waals surface area contributed by atoms with E-state index >= 15 is 0 Å². The monoisotopic (exact) mass is 256 g/mol. The molecular formula is C13H20O5. The van der Waals surface area contributed by atoms with Crippen molar-refractivity contribution in [3.63, 3.8) is 0 Å². The van der Waals surface area contributed by atoms with Gasteiger partial charge in [-0.15, -0.1) is 0 Å². The average Bonchev–Trinajstić information content (AvgIpc) is 2.23. The summed E-state index contributed by atoms with van der Waals surface area (Å²) in [7, 11) is 0. The lowest BCUT2D eigenvalue weighted by atomic mass is 9.87. The van der Waals surface area contributed by atoms with Crippen LogP contribution in [-0.2, 0) is 9.53 Å². The van der Waals surface area contributed by atoms with Crippen LogP contribution in [0.15, 0.2) is 0 Å². The molecule has 1 aliphatic rings. The highest BCUT2D eigenvalue weighted by Crippen LogP contribution is 2.26. The van der Waals surface area contributed by atoms with Crippen LogP contribution in [0.25, 0.3) is 0 Å². The van der Waals surface area contributed by atoms with Crippen molar-refractivity contribution in [3.8, 4) is 11.8 Å². The summed E-state index contributed by atoms with van der Waals surface area (Å²) in [6.45, 7) is 7.20. The topological polar surface area (TPSA) is 87.0 Å². The summed E-state index contributed by atoms with van der Waals surface area (Å²) in [4.78, 5) is 11.0. The van der Waals surface area contributed by atoms with Crippen molar-refractivity contribution in [1.29, 1.82) is 0 Å². The number of aliphatic hydroxyl groups excluding tert-OH is 2. The first-order valence-corrected chi connectivity index (χ1v) is 5.90. The minimum Gasteiger partial charge on any atom is -0.479 e. The van der Waals surface area contributed by atoms with Crippen LogP contribution in [0.2, 0.25) is 0 Å². The Bertz CT molecular complexity index is 373. The van der Waals surface area contributed by atoms with Crippen LogP contribution in [0, 0.1) is 23.2 Å². The molecule has 0 amide bonds. The molecule has 5 heteroatoms. The van der Waals surface area contributed by atoms with Gasteiger partial charge in [-0.25, -0.2) is 4.79 Å². The molecule has 0 aromatic carbocycles. The first kappa shape index (κ1) is 15.0. The van der Waals surface area contributed by atoms with E-state index in [1.807, 2.05) is 20.8 Å². The first-order valence-electron chi connectivity index (χ1n) is 5.90. The van der Waals surface area contributed by atoms with Crippen LogP contribution in [-0.4, -0.2) is 45.7 Å². The van der Waals surface area contributed by atoms with E-state index in [1.54, 1.807) is 0 Å². The van der Waals surface area contributed by atoms with Gasteiger partial charge in [0.25, 0.3) is 0 Å². The highest BCUT2D eigenvalue weighted by atomic mass is 16.5. The predicted octanol–water partition coefficient (Wildman–Crippen LogP) is 0.246. The molecule has 5 nitrogen and oxygen atoms in total. The third-order valence-electron chi connectivity index (χ3n) is 2.80. The Labute approximate surface area is 107 Å². The number of carbonyl (C=O) groups is 1. The highest BCUT2D eigenvalue weighted by molar-refractivity contribution is 5.73. The van der Waals surface area contributed by atoms with Gasteiger partial charge in [0.1, 0.15) is 12.2 Å². The van der Waals surface area contributed by atoms with Crippen molar-refractivity contribution in [2.45, 2.75) is 52.1 Å². The Balaban J connectivity index is 2.91. The lowest BCUT2D eigenvalue weighted by Crippen LogP contribution is -2.55. The summed E-state index contributed by atoms with van der Waals surface area (Å²) in [5.74, 6) is 3.75. The summed E-state index contributed by atoms with van der Waals surface area (Å²) in [5.41, 5.74) is -0.282. The third-order valence-corrected chi connectivity index (χ3v) is 2.80. The van der Waals surface area contributed by atoms with E-state index in [2.05, 4.69) is 11.8 Å². The summed E-state index contributed by atoms with van der Waals surface area (Å²) in [6.07, 6.45) is -4.47. The number of carboxylic acids is 1. The Morgan fingerprint density at radius 3 is 2.22 bits per heavy atom. The van der Waals surface area contributed by atoms with Crippen LogP contribution in [0.3, 0.4) is 0 Å². The summed E-state index contributed by atoms with van der Waals surface area (Å²) in [5, 5.41) is 28.6. The zero-order valence-corrected chi connectivity index (χ0v) is 11.0. The number of aliphatic hydroxyl groups is 2. The van der Waals surface area contributed by atoms with Gasteiger partial charge in [0, 0.05) is 11.3 Å². The predicted molar refractivity (Wildman–Crippen MR) is 64.7 cm³/mol. The number of hydrogen-bond acceptors (Lipinski definition) is 4. The SMILES string of the molecule is C[C@@H]1[C@@H](O)[C@H](O)[C@@H](C#CC(C)(C)C)O[C@H]1C(=O)O. The van der Waals surface area contributed by atoms with Gasteiger partial charge in [0.2, 0.25) is 0 Å². The van der Waals surface area contributed by atoms with Crippen LogP contribution in [0.4, 0.5) is 0 Å². The van der Waals surface area contributed by atoms with Crippen molar-refractivity contribution in [2.24, 2.45) is 11.3 Å². The van der Waals surface area contributed by atoms with Gasteiger partial charge < -0.3 is 20.1 Å². The van der Waals surface area contributed by atoms with Crippen LogP contribution >= 0.6 is 0 Å². The second-order valence-corrected chi connectivity index (χ2v) is 5.68. The number of carboxylic acid groups (broad SMARTS) is 1. The van der Waals surface area contributed by atoms with E-state index in [0.717, 1.165) is 0 Å². The number of ether oxygens (including phenoxy) is 1. The summed E-state index contributed by atoms with van der Waals surface area (Å²) in [6, 6.07) is 0. The van der Waals surface area contributed by atoms with Crippen molar-refractivity contribution in [1.82, 2.24) is 0 Å². The van der Waals surface area contributed by atoms with Crippen LogP contribution in [0.5, 0.6) is 0 Å². The summed E-state index contributed by atoms with van der Waals surface area (Å²) >= 11 is 0. The van der Waals surface area contributed by atoms with Gasteiger partial charge in [-0.1, -0.05) is 18.8 Å². The maximum absolute atomic E-state index is 11.0. The van der Waals surface area contributed by atoms with Crippen LogP contribution < -0.4 is 0 Å².